The van der Waals surface area contributed by atoms with Crippen LogP contribution in [0.1, 0.15) is 116 Å². The van der Waals surface area contributed by atoms with Gasteiger partial charge in [0.1, 0.15) is 0 Å². The van der Waals surface area contributed by atoms with Gasteiger partial charge in [-0.3, -0.25) is 9.69 Å². The van der Waals surface area contributed by atoms with E-state index in [0.29, 0.717) is 18.4 Å². The van der Waals surface area contributed by atoms with Crippen molar-refractivity contribution < 1.29 is 14.3 Å². The molecule has 1 atom stereocenters. The van der Waals surface area contributed by atoms with Crippen molar-refractivity contribution in [3.63, 3.8) is 0 Å². The molecule has 0 N–H and O–H groups in total. The molecule has 1 aliphatic rings. The Morgan fingerprint density at radius 3 is 2.30 bits per heavy atom. The molecule has 1 unspecified atom stereocenters. The van der Waals surface area contributed by atoms with Crippen molar-refractivity contribution in [2.75, 3.05) is 44.2 Å². The van der Waals surface area contributed by atoms with Gasteiger partial charge in [-0.15, -0.1) is 11.3 Å². The number of nitrogens with zero attached hydrogens (tertiary/aromatic N) is 3. The minimum atomic E-state index is -0.198. The first-order valence-electron chi connectivity index (χ1n) is 19.8. The Morgan fingerprint density at radius 1 is 0.760 bits per heavy atom. The van der Waals surface area contributed by atoms with Gasteiger partial charge in [-0.2, -0.15) is 0 Å². The molecule has 0 spiro atoms. The van der Waals surface area contributed by atoms with Gasteiger partial charge in [-0.05, 0) is 74.4 Å². The Morgan fingerprint density at radius 2 is 1.50 bits per heavy atom. The molecule has 2 aromatic carbocycles. The summed E-state index contributed by atoms with van der Waals surface area (Å²) in [6.45, 7) is 8.77. The zero-order valence-corrected chi connectivity index (χ0v) is 31.5. The van der Waals surface area contributed by atoms with Crippen LogP contribution in [0.15, 0.2) is 66.0 Å². The van der Waals surface area contributed by atoms with Crippen LogP contribution in [0.5, 0.6) is 5.88 Å². The number of esters is 1. The molecule has 0 bridgehead atoms. The molecule has 1 fully saturated rings. The number of piperazine rings is 1. The number of carbonyl (C=O) groups excluding carboxylic acids is 1. The average molecular weight is 700 g/mol. The molecule has 0 amide bonds. The highest BCUT2D eigenvalue weighted by atomic mass is 32.1. The van der Waals surface area contributed by atoms with Crippen LogP contribution in [-0.4, -0.2) is 61.3 Å². The molecule has 5 rings (SSSR count). The smallest absolute Gasteiger partial charge is 0.312 e. The van der Waals surface area contributed by atoms with E-state index in [-0.39, 0.29) is 5.97 Å². The standard InChI is InChI=1S/C43H61N3O3S/c1-2-3-4-5-6-7-8-9-11-20-37(21-12-10-13-25-43(47)49-42-27-26-36-19-14-15-22-39(36)44-42)48-34-17-16-29-45-30-32-46(33-31-45)40-23-18-24-41-38(40)28-35-50-41/h14-15,18-19,22-24,26-28,35,37H,2-13,16-17,20-21,25,29-34H2,1H3. The Balaban J connectivity index is 0.956. The normalized spacial score (nSPS) is 14.5. The number of para-hydroxylation sites is 1. The molecule has 6 nitrogen and oxygen atoms in total. The minimum absolute atomic E-state index is 0.198. The predicted octanol–water partition coefficient (Wildman–Crippen LogP) is 11.2. The number of hydrogen-bond acceptors (Lipinski definition) is 7. The summed E-state index contributed by atoms with van der Waals surface area (Å²) in [7, 11) is 0. The third-order valence-corrected chi connectivity index (χ3v) is 11.1. The Hall–Kier alpha value is -3.00. The van der Waals surface area contributed by atoms with Gasteiger partial charge >= 0.3 is 5.97 Å². The van der Waals surface area contributed by atoms with Crippen LogP contribution in [0.4, 0.5) is 5.69 Å². The number of benzene rings is 2. The number of anilines is 1. The van der Waals surface area contributed by atoms with Crippen LogP contribution < -0.4 is 9.64 Å². The molecule has 1 saturated heterocycles. The van der Waals surface area contributed by atoms with E-state index in [1.807, 2.05) is 41.7 Å². The SMILES string of the molecule is CCCCCCCCCCCC(CCCCCC(=O)Oc1ccc2ccccc2n1)OCCCCN1CCN(c2cccc3sccc23)CC1. The quantitative estimate of drug-likeness (QED) is 0.0536. The van der Waals surface area contributed by atoms with Gasteiger partial charge in [0.15, 0.2) is 0 Å². The zero-order valence-electron chi connectivity index (χ0n) is 30.7. The van der Waals surface area contributed by atoms with Crippen molar-refractivity contribution in [3.05, 3.63) is 66.0 Å². The van der Waals surface area contributed by atoms with Gasteiger partial charge in [-0.1, -0.05) is 102 Å². The lowest BCUT2D eigenvalue weighted by molar-refractivity contribution is -0.134. The number of unbranched alkanes of at least 4 members (excludes halogenated alkanes) is 11. The second kappa shape index (κ2) is 22.0. The van der Waals surface area contributed by atoms with Crippen molar-refractivity contribution in [2.24, 2.45) is 0 Å². The van der Waals surface area contributed by atoms with Crippen molar-refractivity contribution in [1.82, 2.24) is 9.88 Å². The number of fused-ring (bicyclic) bond motifs is 2. The van der Waals surface area contributed by atoms with Crippen molar-refractivity contribution in [1.29, 1.82) is 0 Å². The lowest BCUT2D eigenvalue weighted by Gasteiger charge is -2.36. The first-order chi connectivity index (χ1) is 24.7. The van der Waals surface area contributed by atoms with Crippen LogP contribution >= 0.6 is 11.3 Å². The summed E-state index contributed by atoms with van der Waals surface area (Å²) in [5.74, 6) is 0.189. The molecular formula is C43H61N3O3S. The van der Waals surface area contributed by atoms with Crippen molar-refractivity contribution >= 4 is 44.0 Å². The molecule has 2 aromatic heterocycles. The summed E-state index contributed by atoms with van der Waals surface area (Å²) in [4.78, 5) is 22.2. The number of hydrogen-bond donors (Lipinski definition) is 0. The molecule has 272 valence electrons. The molecule has 1 aliphatic heterocycles. The second-order valence-electron chi connectivity index (χ2n) is 14.2. The van der Waals surface area contributed by atoms with Crippen LogP contribution in [0.2, 0.25) is 0 Å². The van der Waals surface area contributed by atoms with Gasteiger partial charge in [-0.25, -0.2) is 4.98 Å². The summed E-state index contributed by atoms with van der Waals surface area (Å²) < 4.78 is 13.5. The second-order valence-corrected chi connectivity index (χ2v) is 15.1. The fraction of sp³-hybridized carbons (Fsp3) is 0.581. The van der Waals surface area contributed by atoms with E-state index in [2.05, 4.69) is 51.4 Å². The highest BCUT2D eigenvalue weighted by molar-refractivity contribution is 7.17. The zero-order chi connectivity index (χ0) is 34.6. The fourth-order valence-electron chi connectivity index (χ4n) is 7.24. The number of aromatic nitrogens is 1. The van der Waals surface area contributed by atoms with Crippen molar-refractivity contribution in [2.45, 2.75) is 122 Å². The Kier molecular flexibility index (Phi) is 16.9. The van der Waals surface area contributed by atoms with Crippen molar-refractivity contribution in [3.8, 4) is 5.88 Å². The average Bonchev–Trinajstić information content (AvgIpc) is 3.63. The van der Waals surface area contributed by atoms with Crippen LogP contribution in [0, 0.1) is 0 Å². The minimum Gasteiger partial charge on any atom is -0.407 e. The summed E-state index contributed by atoms with van der Waals surface area (Å²) in [6.07, 6.45) is 20.4. The van der Waals surface area contributed by atoms with Crippen LogP contribution in [0.3, 0.4) is 0 Å². The summed E-state index contributed by atoms with van der Waals surface area (Å²) in [5.41, 5.74) is 2.24. The lowest BCUT2D eigenvalue weighted by Crippen LogP contribution is -2.46. The molecular weight excluding hydrogens is 639 g/mol. The molecule has 0 saturated carbocycles. The highest BCUT2D eigenvalue weighted by Crippen LogP contribution is 2.31. The molecule has 0 radical (unpaired) electrons. The van der Waals surface area contributed by atoms with E-state index < -0.39 is 0 Å². The van der Waals surface area contributed by atoms with Gasteiger partial charge in [0.25, 0.3) is 0 Å². The molecule has 50 heavy (non-hydrogen) atoms. The van der Waals surface area contributed by atoms with E-state index in [4.69, 9.17) is 9.47 Å². The maximum Gasteiger partial charge on any atom is 0.312 e. The lowest BCUT2D eigenvalue weighted by atomic mass is 10.0. The number of carbonyl (C=O) groups is 1. The van der Waals surface area contributed by atoms with E-state index in [0.717, 1.165) is 88.8 Å². The van der Waals surface area contributed by atoms with Gasteiger partial charge in [0, 0.05) is 66.4 Å². The maximum atomic E-state index is 12.5. The van der Waals surface area contributed by atoms with Gasteiger partial charge in [0.05, 0.1) is 11.6 Å². The van der Waals surface area contributed by atoms with E-state index in [1.54, 1.807) is 6.07 Å². The Bertz CT molecular complexity index is 1530. The number of ether oxygens (including phenoxy) is 2. The first-order valence-corrected chi connectivity index (χ1v) is 20.7. The number of rotatable bonds is 24. The van der Waals surface area contributed by atoms with E-state index in [9.17, 15) is 4.79 Å². The van der Waals surface area contributed by atoms with E-state index in [1.165, 1.54) is 80.0 Å². The van der Waals surface area contributed by atoms with Crippen LogP contribution in [-0.2, 0) is 9.53 Å². The van der Waals surface area contributed by atoms with Crippen LogP contribution in [0.25, 0.3) is 21.0 Å². The first kappa shape index (κ1) is 38.2. The molecule has 3 heterocycles. The number of thiophene rings is 1. The monoisotopic (exact) mass is 699 g/mol. The topological polar surface area (TPSA) is 54.9 Å². The highest BCUT2D eigenvalue weighted by Gasteiger charge is 2.19. The summed E-state index contributed by atoms with van der Waals surface area (Å²) in [6, 6.07) is 20.6. The maximum absolute atomic E-state index is 12.5. The summed E-state index contributed by atoms with van der Waals surface area (Å²) >= 11 is 1.83. The largest absolute Gasteiger partial charge is 0.407 e. The van der Waals surface area contributed by atoms with Gasteiger partial charge in [0.2, 0.25) is 5.88 Å². The third-order valence-electron chi connectivity index (χ3n) is 10.2. The fourth-order valence-corrected chi connectivity index (χ4v) is 8.04. The number of pyridine rings is 1. The third kappa shape index (κ3) is 13.0. The van der Waals surface area contributed by atoms with E-state index >= 15 is 0 Å². The summed E-state index contributed by atoms with van der Waals surface area (Å²) in [5, 5.41) is 4.65. The molecule has 7 heteroatoms. The molecule has 4 aromatic rings. The predicted molar refractivity (Wildman–Crippen MR) is 212 cm³/mol. The molecule has 0 aliphatic carbocycles. The Labute approximate surface area is 305 Å². The van der Waals surface area contributed by atoms with Gasteiger partial charge < -0.3 is 14.4 Å².